The van der Waals surface area contributed by atoms with E-state index in [4.69, 9.17) is 10.2 Å². The molecule has 0 unspecified atom stereocenters. The predicted octanol–water partition coefficient (Wildman–Crippen LogP) is 1.67. The number of H-pyrrole nitrogens is 1. The fraction of sp³-hybridized carbons (Fsp3) is 0.0769. The monoisotopic (exact) mass is 256 g/mol. The van der Waals surface area contributed by atoms with Gasteiger partial charge in [-0.25, -0.2) is 0 Å². The van der Waals surface area contributed by atoms with Crippen LogP contribution in [0.3, 0.4) is 0 Å². The van der Waals surface area contributed by atoms with Crippen molar-refractivity contribution in [1.82, 2.24) is 15.5 Å². The standard InChI is InChI=1S/C13H12N4O2/c14-10-1-2-11-9(3-10)4-12(19-11)13(18)15-5-8-6-16-17-7-8/h1-4,6-7H,5,14H2,(H,15,18)(H,16,17). The molecular weight excluding hydrogens is 244 g/mol. The molecule has 0 saturated heterocycles. The Morgan fingerprint density at radius 1 is 1.42 bits per heavy atom. The molecule has 3 rings (SSSR count). The van der Waals surface area contributed by atoms with Gasteiger partial charge in [-0.2, -0.15) is 5.10 Å². The van der Waals surface area contributed by atoms with Crippen molar-refractivity contribution in [2.75, 3.05) is 5.73 Å². The molecule has 4 N–H and O–H groups in total. The summed E-state index contributed by atoms with van der Waals surface area (Å²) >= 11 is 0. The number of hydrogen-bond acceptors (Lipinski definition) is 4. The van der Waals surface area contributed by atoms with Gasteiger partial charge in [-0.15, -0.1) is 0 Å². The second kappa shape index (κ2) is 4.49. The lowest BCUT2D eigenvalue weighted by Crippen LogP contribution is -2.21. The Kier molecular flexibility index (Phi) is 2.68. The topological polar surface area (TPSA) is 96.9 Å². The first-order chi connectivity index (χ1) is 9.22. The van der Waals surface area contributed by atoms with Crippen LogP contribution >= 0.6 is 0 Å². The van der Waals surface area contributed by atoms with Gasteiger partial charge in [0.15, 0.2) is 5.76 Å². The molecular formula is C13H12N4O2. The molecule has 0 fully saturated rings. The number of nitrogens with zero attached hydrogens (tertiary/aromatic N) is 1. The SMILES string of the molecule is Nc1ccc2oc(C(=O)NCc3cn[nH]c3)cc2c1. The summed E-state index contributed by atoms with van der Waals surface area (Å²) in [5.74, 6) is 0.0000614. The normalized spacial score (nSPS) is 10.7. The molecule has 0 radical (unpaired) electrons. The van der Waals surface area contributed by atoms with Crippen molar-refractivity contribution in [3.8, 4) is 0 Å². The zero-order chi connectivity index (χ0) is 13.2. The van der Waals surface area contributed by atoms with E-state index in [9.17, 15) is 4.79 Å². The summed E-state index contributed by atoms with van der Waals surface area (Å²) < 4.78 is 5.46. The second-order valence-electron chi connectivity index (χ2n) is 4.20. The van der Waals surface area contributed by atoms with Gasteiger partial charge in [-0.3, -0.25) is 9.89 Å². The van der Waals surface area contributed by atoms with Crippen molar-refractivity contribution < 1.29 is 9.21 Å². The van der Waals surface area contributed by atoms with Gasteiger partial charge in [0, 0.05) is 29.4 Å². The number of furan rings is 1. The maximum Gasteiger partial charge on any atom is 0.287 e. The predicted molar refractivity (Wildman–Crippen MR) is 70.4 cm³/mol. The summed E-state index contributed by atoms with van der Waals surface area (Å²) in [5, 5.41) is 10.1. The largest absolute Gasteiger partial charge is 0.451 e. The van der Waals surface area contributed by atoms with E-state index < -0.39 is 0 Å². The average Bonchev–Trinajstić information content (AvgIpc) is 3.04. The first-order valence-electron chi connectivity index (χ1n) is 5.77. The van der Waals surface area contributed by atoms with Gasteiger partial charge in [0.2, 0.25) is 0 Å². The van der Waals surface area contributed by atoms with Gasteiger partial charge in [0.1, 0.15) is 5.58 Å². The Bertz CT molecular complexity index is 715. The van der Waals surface area contributed by atoms with E-state index in [1.807, 2.05) is 0 Å². The van der Waals surface area contributed by atoms with E-state index in [0.717, 1.165) is 10.9 Å². The lowest BCUT2D eigenvalue weighted by atomic mass is 10.2. The van der Waals surface area contributed by atoms with Crippen LogP contribution in [0.25, 0.3) is 11.0 Å². The number of nitrogen functional groups attached to an aromatic ring is 1. The van der Waals surface area contributed by atoms with Crippen LogP contribution in [0, 0.1) is 0 Å². The van der Waals surface area contributed by atoms with E-state index in [1.54, 1.807) is 36.7 Å². The summed E-state index contributed by atoms with van der Waals surface area (Å²) in [6, 6.07) is 6.93. The van der Waals surface area contributed by atoms with Gasteiger partial charge in [0.25, 0.3) is 5.91 Å². The van der Waals surface area contributed by atoms with E-state index in [2.05, 4.69) is 15.5 Å². The van der Waals surface area contributed by atoms with E-state index in [1.165, 1.54) is 0 Å². The van der Waals surface area contributed by atoms with Crippen LogP contribution < -0.4 is 11.1 Å². The summed E-state index contributed by atoms with van der Waals surface area (Å²) in [4.78, 5) is 11.9. The number of hydrogen-bond donors (Lipinski definition) is 3. The molecule has 6 nitrogen and oxygen atoms in total. The number of benzene rings is 1. The third-order valence-corrected chi connectivity index (χ3v) is 2.77. The zero-order valence-corrected chi connectivity index (χ0v) is 10.0. The van der Waals surface area contributed by atoms with E-state index >= 15 is 0 Å². The highest BCUT2D eigenvalue weighted by Gasteiger charge is 2.12. The van der Waals surface area contributed by atoms with Gasteiger partial charge in [0.05, 0.1) is 6.20 Å². The molecule has 2 heterocycles. The molecule has 0 saturated carbocycles. The molecule has 0 atom stereocenters. The highest BCUT2D eigenvalue weighted by atomic mass is 16.3. The number of fused-ring (bicyclic) bond motifs is 1. The molecule has 1 aromatic carbocycles. The molecule has 0 spiro atoms. The van der Waals surface area contributed by atoms with Crippen LogP contribution in [-0.4, -0.2) is 16.1 Å². The Morgan fingerprint density at radius 2 is 2.32 bits per heavy atom. The summed E-state index contributed by atoms with van der Waals surface area (Å²) in [6.45, 7) is 0.397. The first-order valence-corrected chi connectivity index (χ1v) is 5.77. The van der Waals surface area contributed by atoms with Crippen LogP contribution in [0.5, 0.6) is 0 Å². The Hall–Kier alpha value is -2.76. The molecule has 2 aromatic heterocycles. The van der Waals surface area contributed by atoms with Crippen molar-refractivity contribution in [1.29, 1.82) is 0 Å². The fourth-order valence-corrected chi connectivity index (χ4v) is 1.82. The maximum absolute atomic E-state index is 11.9. The molecule has 0 aliphatic rings. The molecule has 3 aromatic rings. The first kappa shape index (κ1) is 11.3. The molecule has 96 valence electrons. The minimum atomic E-state index is -0.268. The number of amides is 1. The van der Waals surface area contributed by atoms with Crippen LogP contribution in [0.1, 0.15) is 16.1 Å². The third kappa shape index (κ3) is 2.28. The summed E-state index contributed by atoms with van der Waals surface area (Å²) in [5.41, 5.74) is 7.86. The number of nitrogens with one attached hydrogen (secondary N) is 2. The maximum atomic E-state index is 11.9. The van der Waals surface area contributed by atoms with Gasteiger partial charge in [-0.05, 0) is 24.3 Å². The quantitative estimate of drug-likeness (QED) is 0.621. The number of carbonyl (C=O) groups excluding carboxylic acids is 1. The molecule has 1 amide bonds. The smallest absolute Gasteiger partial charge is 0.287 e. The average molecular weight is 256 g/mol. The number of anilines is 1. The number of aromatic nitrogens is 2. The number of rotatable bonds is 3. The lowest BCUT2D eigenvalue weighted by molar-refractivity contribution is 0.0925. The Labute approximate surface area is 108 Å². The minimum absolute atomic E-state index is 0.268. The van der Waals surface area contributed by atoms with Crippen LogP contribution in [0.2, 0.25) is 0 Å². The summed E-state index contributed by atoms with van der Waals surface area (Å²) in [6.07, 6.45) is 3.37. The minimum Gasteiger partial charge on any atom is -0.451 e. The number of nitrogens with two attached hydrogens (primary N) is 1. The Morgan fingerprint density at radius 3 is 3.11 bits per heavy atom. The van der Waals surface area contributed by atoms with Crippen molar-refractivity contribution in [2.24, 2.45) is 0 Å². The van der Waals surface area contributed by atoms with Crippen LogP contribution in [-0.2, 0) is 6.54 Å². The third-order valence-electron chi connectivity index (χ3n) is 2.77. The number of aromatic amines is 1. The fourth-order valence-electron chi connectivity index (χ4n) is 1.82. The van der Waals surface area contributed by atoms with Crippen molar-refractivity contribution in [3.63, 3.8) is 0 Å². The Balaban J connectivity index is 1.77. The molecule has 0 aliphatic heterocycles. The molecule has 0 bridgehead atoms. The highest BCUT2D eigenvalue weighted by molar-refractivity contribution is 5.96. The molecule has 6 heteroatoms. The second-order valence-corrected chi connectivity index (χ2v) is 4.20. The van der Waals surface area contributed by atoms with E-state index in [0.29, 0.717) is 17.8 Å². The van der Waals surface area contributed by atoms with Gasteiger partial charge in [-0.1, -0.05) is 0 Å². The van der Waals surface area contributed by atoms with Crippen molar-refractivity contribution in [2.45, 2.75) is 6.54 Å². The van der Waals surface area contributed by atoms with Crippen LogP contribution in [0.15, 0.2) is 41.1 Å². The lowest BCUT2D eigenvalue weighted by Gasteiger charge is -1.99. The highest BCUT2D eigenvalue weighted by Crippen LogP contribution is 2.21. The van der Waals surface area contributed by atoms with Crippen molar-refractivity contribution in [3.05, 3.63) is 48.0 Å². The van der Waals surface area contributed by atoms with Gasteiger partial charge >= 0.3 is 0 Å². The summed E-state index contributed by atoms with van der Waals surface area (Å²) in [7, 11) is 0. The molecule has 0 aliphatic carbocycles. The number of carbonyl (C=O) groups is 1. The molecule has 19 heavy (non-hydrogen) atoms. The van der Waals surface area contributed by atoms with Gasteiger partial charge < -0.3 is 15.5 Å². The van der Waals surface area contributed by atoms with Crippen LogP contribution in [0.4, 0.5) is 5.69 Å². The van der Waals surface area contributed by atoms with Crippen molar-refractivity contribution >= 4 is 22.6 Å². The van der Waals surface area contributed by atoms with E-state index in [-0.39, 0.29) is 11.7 Å². The zero-order valence-electron chi connectivity index (χ0n) is 10.0.